The van der Waals surface area contributed by atoms with Crippen LogP contribution in [0.15, 0.2) is 0 Å². The van der Waals surface area contributed by atoms with Crippen molar-refractivity contribution in [2.75, 3.05) is 6.61 Å². The van der Waals surface area contributed by atoms with Gasteiger partial charge in [-0.2, -0.15) is 0 Å². The number of nitrogens with one attached hydrogen (secondary N) is 1. The lowest BCUT2D eigenvalue weighted by Gasteiger charge is -2.11. The number of carbonyl (C=O) groups is 2. The first kappa shape index (κ1) is 11.0. The Kier molecular flexibility index (Phi) is 3.92. The number of carbonyl (C=O) groups excluding carboxylic acids is 2. The molecule has 1 N–H and O–H groups in total. The summed E-state index contributed by atoms with van der Waals surface area (Å²) in [6.45, 7) is 4.49. The summed E-state index contributed by atoms with van der Waals surface area (Å²) in [5.74, 6) is 0.0122. The second-order valence-electron chi connectivity index (χ2n) is 3.79. The molecule has 0 aromatic carbocycles. The van der Waals surface area contributed by atoms with E-state index in [9.17, 15) is 9.59 Å². The molecule has 1 saturated heterocycles. The molecule has 4 heteroatoms. The van der Waals surface area contributed by atoms with Crippen molar-refractivity contribution in [1.82, 2.24) is 5.32 Å². The van der Waals surface area contributed by atoms with Crippen LogP contribution in [0.2, 0.25) is 0 Å². The lowest BCUT2D eigenvalue weighted by Crippen LogP contribution is -2.38. The highest BCUT2D eigenvalue weighted by atomic mass is 16.5. The van der Waals surface area contributed by atoms with E-state index >= 15 is 0 Å². The van der Waals surface area contributed by atoms with Crippen molar-refractivity contribution in [3.8, 4) is 0 Å². The summed E-state index contributed by atoms with van der Waals surface area (Å²) >= 11 is 0. The highest BCUT2D eigenvalue weighted by molar-refractivity contribution is 5.85. The van der Waals surface area contributed by atoms with Crippen LogP contribution in [0.3, 0.4) is 0 Å². The van der Waals surface area contributed by atoms with Crippen molar-refractivity contribution in [1.29, 1.82) is 0 Å². The first-order valence-corrected chi connectivity index (χ1v) is 5.09. The van der Waals surface area contributed by atoms with E-state index in [1.807, 2.05) is 13.8 Å². The Labute approximate surface area is 84.0 Å². The van der Waals surface area contributed by atoms with Crippen LogP contribution in [-0.2, 0) is 14.3 Å². The Bertz CT molecular complexity index is 227. The molecule has 0 aliphatic carbocycles. The smallest absolute Gasteiger partial charge is 0.328 e. The molecule has 0 aromatic heterocycles. The van der Waals surface area contributed by atoms with Gasteiger partial charge in [-0.1, -0.05) is 20.3 Å². The van der Waals surface area contributed by atoms with E-state index in [4.69, 9.17) is 4.74 Å². The van der Waals surface area contributed by atoms with Gasteiger partial charge in [-0.25, -0.2) is 4.79 Å². The summed E-state index contributed by atoms with van der Waals surface area (Å²) in [5, 5.41) is 2.68. The van der Waals surface area contributed by atoms with Crippen molar-refractivity contribution in [2.45, 2.75) is 39.2 Å². The maximum Gasteiger partial charge on any atom is 0.328 e. The van der Waals surface area contributed by atoms with Crippen LogP contribution in [0.1, 0.15) is 33.1 Å². The van der Waals surface area contributed by atoms with Crippen LogP contribution in [-0.4, -0.2) is 24.5 Å². The van der Waals surface area contributed by atoms with E-state index in [2.05, 4.69) is 5.32 Å². The average molecular weight is 199 g/mol. The molecular formula is C10H17NO3. The van der Waals surface area contributed by atoms with E-state index in [-0.39, 0.29) is 11.9 Å². The fourth-order valence-corrected chi connectivity index (χ4v) is 1.34. The van der Waals surface area contributed by atoms with Gasteiger partial charge in [-0.3, -0.25) is 4.79 Å². The van der Waals surface area contributed by atoms with Crippen LogP contribution in [0.25, 0.3) is 0 Å². The van der Waals surface area contributed by atoms with E-state index in [0.29, 0.717) is 25.4 Å². The largest absolute Gasteiger partial charge is 0.464 e. The number of cyclic esters (lactones) is 1. The van der Waals surface area contributed by atoms with Crippen molar-refractivity contribution in [3.63, 3.8) is 0 Å². The molecule has 2 atom stereocenters. The normalized spacial score (nSPS) is 23.0. The van der Waals surface area contributed by atoms with Crippen LogP contribution >= 0.6 is 0 Å². The van der Waals surface area contributed by atoms with Crippen molar-refractivity contribution < 1.29 is 14.3 Å². The molecule has 0 spiro atoms. The molecule has 2 unspecified atom stereocenters. The maximum absolute atomic E-state index is 11.4. The summed E-state index contributed by atoms with van der Waals surface area (Å²) < 4.78 is 4.74. The topological polar surface area (TPSA) is 55.4 Å². The Hall–Kier alpha value is -1.06. The van der Waals surface area contributed by atoms with Gasteiger partial charge in [-0.05, 0) is 5.92 Å². The Morgan fingerprint density at radius 2 is 2.43 bits per heavy atom. The average Bonchev–Trinajstić information content (AvgIpc) is 2.51. The molecule has 0 aromatic rings. The van der Waals surface area contributed by atoms with Crippen molar-refractivity contribution in [3.05, 3.63) is 0 Å². The molecule has 1 heterocycles. The first-order valence-electron chi connectivity index (χ1n) is 5.09. The third-order valence-electron chi connectivity index (χ3n) is 2.50. The molecule has 1 fully saturated rings. The van der Waals surface area contributed by atoms with Gasteiger partial charge in [0, 0.05) is 12.8 Å². The van der Waals surface area contributed by atoms with Gasteiger partial charge in [0.25, 0.3) is 0 Å². The van der Waals surface area contributed by atoms with Gasteiger partial charge < -0.3 is 10.1 Å². The molecule has 1 rings (SSSR count). The summed E-state index contributed by atoms with van der Waals surface area (Å²) in [6.07, 6.45) is 2.06. The Balaban J connectivity index is 2.29. The van der Waals surface area contributed by atoms with Gasteiger partial charge in [0.15, 0.2) is 0 Å². The molecule has 1 aliphatic rings. The van der Waals surface area contributed by atoms with Gasteiger partial charge in [0.05, 0.1) is 6.61 Å². The standard InChI is InChI=1S/C10H17NO3/c1-3-7(2)6-9(12)11-8-4-5-14-10(8)13/h7-8H,3-6H2,1-2H3,(H,11,12). The molecular weight excluding hydrogens is 182 g/mol. The zero-order chi connectivity index (χ0) is 10.6. The minimum atomic E-state index is -0.411. The third-order valence-corrected chi connectivity index (χ3v) is 2.50. The maximum atomic E-state index is 11.4. The van der Waals surface area contributed by atoms with E-state index in [1.165, 1.54) is 0 Å². The Morgan fingerprint density at radius 3 is 2.93 bits per heavy atom. The van der Waals surface area contributed by atoms with E-state index < -0.39 is 6.04 Å². The summed E-state index contributed by atoms with van der Waals surface area (Å²) in [7, 11) is 0. The highest BCUT2D eigenvalue weighted by Gasteiger charge is 2.27. The molecule has 0 bridgehead atoms. The van der Waals surface area contributed by atoms with Crippen LogP contribution in [0, 0.1) is 5.92 Å². The number of hydrogen-bond donors (Lipinski definition) is 1. The monoisotopic (exact) mass is 199 g/mol. The van der Waals surface area contributed by atoms with Gasteiger partial charge in [0.2, 0.25) is 5.91 Å². The minimum Gasteiger partial charge on any atom is -0.464 e. The SMILES string of the molecule is CCC(C)CC(=O)NC1CCOC1=O. The predicted octanol–water partition coefficient (Wildman–Crippen LogP) is 0.854. The predicted molar refractivity (Wildman–Crippen MR) is 51.6 cm³/mol. The minimum absolute atomic E-state index is 0.0526. The fourth-order valence-electron chi connectivity index (χ4n) is 1.34. The quantitative estimate of drug-likeness (QED) is 0.683. The second-order valence-corrected chi connectivity index (χ2v) is 3.79. The molecule has 1 aliphatic heterocycles. The molecule has 0 saturated carbocycles. The van der Waals surface area contributed by atoms with Crippen LogP contribution in [0.4, 0.5) is 0 Å². The molecule has 1 amide bonds. The molecule has 80 valence electrons. The number of hydrogen-bond acceptors (Lipinski definition) is 3. The third kappa shape index (κ3) is 3.01. The zero-order valence-corrected chi connectivity index (χ0v) is 8.71. The highest BCUT2D eigenvalue weighted by Crippen LogP contribution is 2.09. The van der Waals surface area contributed by atoms with Gasteiger partial charge in [0.1, 0.15) is 6.04 Å². The molecule has 14 heavy (non-hydrogen) atoms. The first-order chi connectivity index (χ1) is 6.63. The number of amides is 1. The van der Waals surface area contributed by atoms with E-state index in [1.54, 1.807) is 0 Å². The van der Waals surface area contributed by atoms with Crippen molar-refractivity contribution >= 4 is 11.9 Å². The zero-order valence-electron chi connectivity index (χ0n) is 8.71. The number of ether oxygens (including phenoxy) is 1. The molecule has 0 radical (unpaired) electrons. The number of rotatable bonds is 4. The summed E-state index contributed by atoms with van der Waals surface area (Å²) in [6, 6.07) is -0.411. The fraction of sp³-hybridized carbons (Fsp3) is 0.800. The molecule has 4 nitrogen and oxygen atoms in total. The lowest BCUT2D eigenvalue weighted by molar-refractivity contribution is -0.141. The van der Waals surface area contributed by atoms with Gasteiger partial charge >= 0.3 is 5.97 Å². The van der Waals surface area contributed by atoms with Crippen molar-refractivity contribution in [2.24, 2.45) is 5.92 Å². The second kappa shape index (κ2) is 4.98. The van der Waals surface area contributed by atoms with Crippen LogP contribution < -0.4 is 5.32 Å². The van der Waals surface area contributed by atoms with E-state index in [0.717, 1.165) is 6.42 Å². The summed E-state index contributed by atoms with van der Waals surface area (Å²) in [5.41, 5.74) is 0. The Morgan fingerprint density at radius 1 is 1.71 bits per heavy atom. The number of esters is 1. The lowest BCUT2D eigenvalue weighted by atomic mass is 10.0. The summed E-state index contributed by atoms with van der Waals surface area (Å²) in [4.78, 5) is 22.4. The van der Waals surface area contributed by atoms with Crippen LogP contribution in [0.5, 0.6) is 0 Å². The van der Waals surface area contributed by atoms with Gasteiger partial charge in [-0.15, -0.1) is 0 Å².